The predicted octanol–water partition coefficient (Wildman–Crippen LogP) is 5.01. The smallest absolute Gasteiger partial charge is 0.313 e. The molecule has 1 unspecified atom stereocenters. The highest BCUT2D eigenvalue weighted by molar-refractivity contribution is 6.21. The molecule has 3 aromatic rings. The van der Waals surface area contributed by atoms with Gasteiger partial charge >= 0.3 is 6.18 Å². The number of hydrogen-bond donors (Lipinski definition) is 0. The van der Waals surface area contributed by atoms with E-state index in [0.717, 1.165) is 17.1 Å². The summed E-state index contributed by atoms with van der Waals surface area (Å²) in [5, 5.41) is 0. The number of ketones is 1. The van der Waals surface area contributed by atoms with E-state index >= 15 is 0 Å². The molecule has 5 rings (SSSR count). The maximum atomic E-state index is 13.9. The van der Waals surface area contributed by atoms with Crippen LogP contribution >= 0.6 is 0 Å². The summed E-state index contributed by atoms with van der Waals surface area (Å²) >= 11 is 0. The van der Waals surface area contributed by atoms with E-state index in [0.29, 0.717) is 5.69 Å². The van der Waals surface area contributed by atoms with Crippen molar-refractivity contribution in [2.45, 2.75) is 31.6 Å². The largest absolute Gasteiger partial charge is 0.416 e. The van der Waals surface area contributed by atoms with Crippen LogP contribution in [0.4, 0.5) is 13.2 Å². The van der Waals surface area contributed by atoms with Gasteiger partial charge < -0.3 is 4.57 Å². The highest BCUT2D eigenvalue weighted by Gasteiger charge is 2.46. The van der Waals surface area contributed by atoms with Gasteiger partial charge in [-0.2, -0.15) is 13.2 Å². The van der Waals surface area contributed by atoms with E-state index in [1.807, 2.05) is 0 Å². The topological polar surface area (TPSA) is 72.3 Å². The second-order valence-corrected chi connectivity index (χ2v) is 8.72. The molecule has 0 fully saturated rings. The molecule has 0 bridgehead atoms. The minimum absolute atomic E-state index is 0.0629. The van der Waals surface area contributed by atoms with E-state index in [4.69, 9.17) is 0 Å². The van der Waals surface area contributed by atoms with Crippen LogP contribution in [0.15, 0.2) is 84.6 Å². The van der Waals surface area contributed by atoms with Gasteiger partial charge in [0.1, 0.15) is 11.4 Å². The number of Topliss-reactive ketones (excluding diaryl/α,β-unsaturated/α-hetero) is 1. The summed E-state index contributed by atoms with van der Waals surface area (Å²) in [6.45, 7) is 1.32. The Morgan fingerprint density at radius 2 is 1.61 bits per heavy atom. The Hall–Kier alpha value is -4.27. The van der Waals surface area contributed by atoms with E-state index in [-0.39, 0.29) is 35.5 Å². The van der Waals surface area contributed by atoms with E-state index in [1.54, 1.807) is 49.4 Å². The van der Waals surface area contributed by atoms with Crippen LogP contribution in [0.1, 0.15) is 49.0 Å². The zero-order valence-corrected chi connectivity index (χ0v) is 19.1. The van der Waals surface area contributed by atoms with Gasteiger partial charge in [-0.15, -0.1) is 0 Å². The number of benzene rings is 2. The fourth-order valence-corrected chi connectivity index (χ4v) is 4.83. The number of aryl methyl sites for hydroxylation is 1. The van der Waals surface area contributed by atoms with Gasteiger partial charge in [-0.3, -0.25) is 19.3 Å². The quantitative estimate of drug-likeness (QED) is 0.371. The summed E-state index contributed by atoms with van der Waals surface area (Å²) in [6, 6.07) is 14.4. The summed E-state index contributed by atoms with van der Waals surface area (Å²) in [5.41, 5.74) is -1.63. The van der Waals surface area contributed by atoms with Crippen molar-refractivity contribution in [2.24, 2.45) is 0 Å². The molecule has 2 heterocycles. The second-order valence-electron chi connectivity index (χ2n) is 8.72. The van der Waals surface area contributed by atoms with Crippen molar-refractivity contribution in [3.63, 3.8) is 0 Å². The lowest BCUT2D eigenvalue weighted by molar-refractivity contribution is -0.0891. The monoisotopic (exact) mass is 491 g/mol. The zero-order chi connectivity index (χ0) is 25.7. The molecule has 6 nitrogen and oxygen atoms in total. The number of allylic oxidation sites excluding steroid dienone is 4. The number of fused-ring (bicyclic) bond motifs is 1. The number of rotatable bonds is 5. The molecule has 1 aromatic heterocycles. The summed E-state index contributed by atoms with van der Waals surface area (Å²) in [5.74, 6) is -1.49. The molecule has 1 aliphatic carbocycles. The second kappa shape index (κ2) is 8.44. The third-order valence-electron chi connectivity index (χ3n) is 6.47. The molecule has 0 radical (unpaired) electrons. The minimum Gasteiger partial charge on any atom is -0.313 e. The molecular formula is C27H20F3N3O3. The van der Waals surface area contributed by atoms with Crippen molar-refractivity contribution in [1.82, 2.24) is 14.5 Å². The normalized spacial score (nSPS) is 19.4. The molecule has 2 aromatic carbocycles. The molecule has 0 saturated carbocycles. The first-order valence-electron chi connectivity index (χ1n) is 11.2. The molecule has 2 aliphatic rings. The van der Waals surface area contributed by atoms with Gasteiger partial charge in [0.05, 0.1) is 23.2 Å². The standard InChI is InChI=1S/C27H20F3N3O3/c1-17-15-31-22(16-32-24(35)20-11-5-6-12-21(20)25(32)36)33(17)26(23(34)18-8-3-2-4-9-18)13-7-10-19(14-26)27(28,29)30/h2-12,14-15H,13,16H2,1H3. The van der Waals surface area contributed by atoms with Crippen molar-refractivity contribution in [1.29, 1.82) is 0 Å². The average Bonchev–Trinajstić information content (AvgIpc) is 3.36. The van der Waals surface area contributed by atoms with Crippen LogP contribution in [-0.4, -0.2) is 38.2 Å². The third-order valence-corrected chi connectivity index (χ3v) is 6.47. The van der Waals surface area contributed by atoms with Crippen molar-refractivity contribution >= 4 is 17.6 Å². The van der Waals surface area contributed by atoms with Crippen LogP contribution in [0.3, 0.4) is 0 Å². The van der Waals surface area contributed by atoms with E-state index in [9.17, 15) is 27.6 Å². The van der Waals surface area contributed by atoms with Crippen molar-refractivity contribution in [3.8, 4) is 0 Å². The molecule has 2 amide bonds. The van der Waals surface area contributed by atoms with Crippen LogP contribution < -0.4 is 0 Å². The Bertz CT molecular complexity index is 1420. The van der Waals surface area contributed by atoms with Crippen molar-refractivity contribution in [3.05, 3.63) is 113 Å². The fraction of sp³-hybridized carbons (Fsp3) is 0.185. The third kappa shape index (κ3) is 3.67. The number of alkyl halides is 3. The SMILES string of the molecule is Cc1cnc(CN2C(=O)c3ccccc3C2=O)n1C1(C(=O)c2ccccc2)C=C(C(F)(F)F)C=CC1. The molecule has 1 aliphatic heterocycles. The van der Waals surface area contributed by atoms with Gasteiger partial charge in [-0.05, 0) is 25.1 Å². The minimum atomic E-state index is -4.68. The number of aromatic nitrogens is 2. The first kappa shape index (κ1) is 23.5. The number of imide groups is 1. The van der Waals surface area contributed by atoms with Crippen molar-refractivity contribution < 1.29 is 27.6 Å². The predicted molar refractivity (Wildman–Crippen MR) is 124 cm³/mol. The Kier molecular flexibility index (Phi) is 5.50. The molecule has 9 heteroatoms. The van der Waals surface area contributed by atoms with Gasteiger partial charge in [-0.1, -0.05) is 54.6 Å². The van der Waals surface area contributed by atoms with Crippen LogP contribution in [0.2, 0.25) is 0 Å². The molecule has 1 atom stereocenters. The van der Waals surface area contributed by atoms with Gasteiger partial charge in [0.2, 0.25) is 0 Å². The van der Waals surface area contributed by atoms with Gasteiger partial charge in [0.25, 0.3) is 11.8 Å². The summed E-state index contributed by atoms with van der Waals surface area (Å²) in [7, 11) is 0. The van der Waals surface area contributed by atoms with Gasteiger partial charge in [0.15, 0.2) is 5.78 Å². The molecule has 0 N–H and O–H groups in total. The van der Waals surface area contributed by atoms with Crippen molar-refractivity contribution in [2.75, 3.05) is 0 Å². The number of imidazole rings is 1. The first-order valence-corrected chi connectivity index (χ1v) is 11.2. The van der Waals surface area contributed by atoms with Crippen LogP contribution in [0, 0.1) is 6.92 Å². The van der Waals surface area contributed by atoms with E-state index in [2.05, 4.69) is 4.98 Å². The van der Waals surface area contributed by atoms with E-state index in [1.165, 1.54) is 29.0 Å². The number of nitrogens with zero attached hydrogens (tertiary/aromatic N) is 3. The molecule has 0 saturated heterocycles. The molecular weight excluding hydrogens is 471 g/mol. The highest BCUT2D eigenvalue weighted by Crippen LogP contribution is 2.40. The first-order chi connectivity index (χ1) is 17.1. The van der Waals surface area contributed by atoms with E-state index < -0.39 is 34.9 Å². The van der Waals surface area contributed by atoms with Crippen LogP contribution in [-0.2, 0) is 12.1 Å². The Labute approximate surface area is 204 Å². The van der Waals surface area contributed by atoms with Gasteiger partial charge in [-0.25, -0.2) is 4.98 Å². The average molecular weight is 491 g/mol. The Morgan fingerprint density at radius 3 is 2.22 bits per heavy atom. The van der Waals surface area contributed by atoms with Crippen LogP contribution in [0.25, 0.3) is 0 Å². The molecule has 0 spiro atoms. The molecule has 36 heavy (non-hydrogen) atoms. The number of carbonyl (C=O) groups is 3. The number of hydrogen-bond acceptors (Lipinski definition) is 4. The fourth-order valence-electron chi connectivity index (χ4n) is 4.83. The Balaban J connectivity index is 1.65. The lowest BCUT2D eigenvalue weighted by atomic mass is 9.80. The number of halogens is 3. The zero-order valence-electron chi connectivity index (χ0n) is 19.1. The lowest BCUT2D eigenvalue weighted by Gasteiger charge is -2.36. The summed E-state index contributed by atoms with van der Waals surface area (Å²) < 4.78 is 42.9. The van der Waals surface area contributed by atoms with Crippen LogP contribution in [0.5, 0.6) is 0 Å². The highest BCUT2D eigenvalue weighted by atomic mass is 19.4. The maximum Gasteiger partial charge on any atom is 0.416 e. The number of amides is 2. The number of carbonyl (C=O) groups excluding carboxylic acids is 3. The molecule has 182 valence electrons. The van der Waals surface area contributed by atoms with Gasteiger partial charge in [0, 0.05) is 23.9 Å². The Morgan fingerprint density at radius 1 is 1.00 bits per heavy atom. The summed E-state index contributed by atoms with van der Waals surface area (Å²) in [6.07, 6.45) is -0.139. The maximum absolute atomic E-state index is 13.9. The lowest BCUT2D eigenvalue weighted by Crippen LogP contribution is -2.44. The summed E-state index contributed by atoms with van der Waals surface area (Å²) in [4.78, 5) is 45.1.